The minimum atomic E-state index is -0.460. The number of aryl methyl sites for hydroxylation is 1. The zero-order chi connectivity index (χ0) is 19.2. The van der Waals surface area contributed by atoms with Crippen LogP contribution >= 0.6 is 0 Å². The number of rotatable bonds is 7. The van der Waals surface area contributed by atoms with Gasteiger partial charge >= 0.3 is 0 Å². The molecule has 2 aromatic heterocycles. The molecule has 0 aliphatic heterocycles. The highest BCUT2D eigenvalue weighted by molar-refractivity contribution is 5.90. The molecule has 1 aromatic carbocycles. The Labute approximate surface area is 157 Å². The quantitative estimate of drug-likeness (QED) is 0.558. The van der Waals surface area contributed by atoms with Gasteiger partial charge in [0.2, 0.25) is 5.91 Å². The van der Waals surface area contributed by atoms with Crippen LogP contribution in [0.4, 0.5) is 5.82 Å². The zero-order valence-corrected chi connectivity index (χ0v) is 15.5. The average molecular weight is 365 g/mol. The van der Waals surface area contributed by atoms with E-state index in [0.29, 0.717) is 29.6 Å². The first-order chi connectivity index (χ1) is 13.1. The minimum Gasteiger partial charge on any atom is -0.370 e. The van der Waals surface area contributed by atoms with Crippen LogP contribution in [0.1, 0.15) is 30.5 Å². The molecule has 0 spiro atoms. The SMILES string of the molecule is Cc1ccc(NCCCNC(=O)[C@H](C)c2n[nH]c(=O)c3ccccc23)nc1. The maximum absolute atomic E-state index is 12.5. The van der Waals surface area contributed by atoms with Gasteiger partial charge in [0.05, 0.1) is 17.0 Å². The third-order valence-electron chi connectivity index (χ3n) is 4.40. The first-order valence-corrected chi connectivity index (χ1v) is 8.98. The molecular weight excluding hydrogens is 342 g/mol. The number of benzene rings is 1. The highest BCUT2D eigenvalue weighted by Gasteiger charge is 2.19. The molecular formula is C20H23N5O2. The van der Waals surface area contributed by atoms with E-state index in [9.17, 15) is 9.59 Å². The van der Waals surface area contributed by atoms with Crippen LogP contribution in [0.5, 0.6) is 0 Å². The molecule has 3 aromatic rings. The summed E-state index contributed by atoms with van der Waals surface area (Å²) in [7, 11) is 0. The standard InChI is InChI=1S/C20H23N5O2/c1-13-8-9-17(23-12-13)21-10-5-11-22-19(26)14(2)18-15-6-3-4-7-16(15)20(27)25-24-18/h3-4,6-9,12,14H,5,10-11H2,1-2H3,(H,21,23)(H,22,26)(H,25,27)/t14-/m1/s1. The number of amides is 1. The molecule has 0 aliphatic rings. The molecule has 2 heterocycles. The normalized spacial score (nSPS) is 11.9. The first kappa shape index (κ1) is 18.6. The van der Waals surface area contributed by atoms with E-state index < -0.39 is 5.92 Å². The Hall–Kier alpha value is -3.22. The van der Waals surface area contributed by atoms with Crippen molar-refractivity contribution in [2.45, 2.75) is 26.2 Å². The van der Waals surface area contributed by atoms with Crippen molar-refractivity contribution in [2.75, 3.05) is 18.4 Å². The Kier molecular flexibility index (Phi) is 5.80. The number of carbonyl (C=O) groups excluding carboxylic acids is 1. The summed E-state index contributed by atoms with van der Waals surface area (Å²) in [6.07, 6.45) is 2.58. The number of anilines is 1. The minimum absolute atomic E-state index is 0.117. The number of aromatic nitrogens is 3. The van der Waals surface area contributed by atoms with E-state index in [2.05, 4.69) is 25.8 Å². The fourth-order valence-corrected chi connectivity index (χ4v) is 2.83. The number of hydrogen-bond acceptors (Lipinski definition) is 5. The number of H-pyrrole nitrogens is 1. The monoisotopic (exact) mass is 365 g/mol. The van der Waals surface area contributed by atoms with Crippen molar-refractivity contribution in [1.29, 1.82) is 0 Å². The second kappa shape index (κ2) is 8.44. The van der Waals surface area contributed by atoms with E-state index in [1.807, 2.05) is 37.4 Å². The number of aromatic amines is 1. The number of fused-ring (bicyclic) bond motifs is 1. The molecule has 0 aliphatic carbocycles. The first-order valence-electron chi connectivity index (χ1n) is 8.98. The molecule has 0 bridgehead atoms. The van der Waals surface area contributed by atoms with E-state index >= 15 is 0 Å². The Morgan fingerprint density at radius 1 is 1.15 bits per heavy atom. The van der Waals surface area contributed by atoms with Gasteiger partial charge in [0, 0.05) is 24.7 Å². The van der Waals surface area contributed by atoms with E-state index in [1.165, 1.54) is 0 Å². The van der Waals surface area contributed by atoms with Crippen LogP contribution in [-0.2, 0) is 4.79 Å². The summed E-state index contributed by atoms with van der Waals surface area (Å²) < 4.78 is 0. The van der Waals surface area contributed by atoms with Gasteiger partial charge in [0.25, 0.3) is 5.56 Å². The molecule has 0 fully saturated rings. The summed E-state index contributed by atoms with van der Waals surface area (Å²) in [5.74, 6) is 0.246. The summed E-state index contributed by atoms with van der Waals surface area (Å²) >= 11 is 0. The van der Waals surface area contributed by atoms with Gasteiger partial charge in [-0.1, -0.05) is 24.3 Å². The van der Waals surface area contributed by atoms with Gasteiger partial charge in [-0.05, 0) is 38.0 Å². The number of nitrogens with one attached hydrogen (secondary N) is 3. The van der Waals surface area contributed by atoms with E-state index in [1.54, 1.807) is 19.1 Å². The average Bonchev–Trinajstić information content (AvgIpc) is 2.69. The fraction of sp³-hybridized carbons (Fsp3) is 0.300. The summed E-state index contributed by atoms with van der Waals surface area (Å²) in [5.41, 5.74) is 1.44. The van der Waals surface area contributed by atoms with Gasteiger partial charge < -0.3 is 10.6 Å². The van der Waals surface area contributed by atoms with Crippen molar-refractivity contribution >= 4 is 22.5 Å². The van der Waals surface area contributed by atoms with Crippen molar-refractivity contribution in [3.8, 4) is 0 Å². The van der Waals surface area contributed by atoms with Crippen LogP contribution in [0.15, 0.2) is 47.4 Å². The van der Waals surface area contributed by atoms with E-state index in [0.717, 1.165) is 17.8 Å². The van der Waals surface area contributed by atoms with Crippen LogP contribution in [0.2, 0.25) is 0 Å². The van der Waals surface area contributed by atoms with Gasteiger partial charge in [0.1, 0.15) is 5.82 Å². The summed E-state index contributed by atoms with van der Waals surface area (Å²) in [6.45, 7) is 5.04. The van der Waals surface area contributed by atoms with E-state index in [-0.39, 0.29) is 11.5 Å². The lowest BCUT2D eigenvalue weighted by molar-refractivity contribution is -0.122. The summed E-state index contributed by atoms with van der Waals surface area (Å²) in [5, 5.41) is 14.0. The van der Waals surface area contributed by atoms with Crippen LogP contribution in [0, 0.1) is 6.92 Å². The predicted octanol–water partition coefficient (Wildman–Crippen LogP) is 2.35. The van der Waals surface area contributed by atoms with Crippen molar-refractivity contribution < 1.29 is 4.79 Å². The van der Waals surface area contributed by atoms with E-state index in [4.69, 9.17) is 0 Å². The molecule has 140 valence electrons. The number of nitrogens with zero attached hydrogens (tertiary/aromatic N) is 2. The second-order valence-electron chi connectivity index (χ2n) is 6.50. The highest BCUT2D eigenvalue weighted by atomic mass is 16.2. The summed E-state index contributed by atoms with van der Waals surface area (Å²) in [6, 6.07) is 11.1. The molecule has 0 saturated heterocycles. The molecule has 0 unspecified atom stereocenters. The van der Waals surface area contributed by atoms with Crippen LogP contribution in [0.25, 0.3) is 10.8 Å². The van der Waals surface area contributed by atoms with Gasteiger partial charge in [0.15, 0.2) is 0 Å². The lowest BCUT2D eigenvalue weighted by atomic mass is 10.0. The number of pyridine rings is 1. The maximum Gasteiger partial charge on any atom is 0.272 e. The smallest absolute Gasteiger partial charge is 0.272 e. The lowest BCUT2D eigenvalue weighted by Gasteiger charge is -2.13. The van der Waals surface area contributed by atoms with Gasteiger partial charge in [-0.25, -0.2) is 10.1 Å². The van der Waals surface area contributed by atoms with Gasteiger partial charge in [-0.15, -0.1) is 0 Å². The van der Waals surface area contributed by atoms with Crippen molar-refractivity contribution in [3.05, 3.63) is 64.2 Å². The van der Waals surface area contributed by atoms with Crippen LogP contribution in [-0.4, -0.2) is 34.2 Å². The predicted molar refractivity (Wildman–Crippen MR) is 106 cm³/mol. The van der Waals surface area contributed by atoms with Crippen molar-refractivity contribution in [1.82, 2.24) is 20.5 Å². The molecule has 0 radical (unpaired) electrons. The molecule has 3 N–H and O–H groups in total. The zero-order valence-electron chi connectivity index (χ0n) is 15.5. The Morgan fingerprint density at radius 3 is 2.67 bits per heavy atom. The molecule has 0 saturated carbocycles. The Balaban J connectivity index is 1.53. The molecule has 7 nitrogen and oxygen atoms in total. The maximum atomic E-state index is 12.5. The van der Waals surface area contributed by atoms with Crippen molar-refractivity contribution in [2.24, 2.45) is 0 Å². The topological polar surface area (TPSA) is 99.8 Å². The van der Waals surface area contributed by atoms with Crippen LogP contribution in [0.3, 0.4) is 0 Å². The largest absolute Gasteiger partial charge is 0.370 e. The van der Waals surface area contributed by atoms with Crippen molar-refractivity contribution in [3.63, 3.8) is 0 Å². The Bertz CT molecular complexity index is 982. The highest BCUT2D eigenvalue weighted by Crippen LogP contribution is 2.20. The third kappa shape index (κ3) is 4.49. The number of carbonyl (C=O) groups is 1. The lowest BCUT2D eigenvalue weighted by Crippen LogP contribution is -2.31. The van der Waals surface area contributed by atoms with Gasteiger partial charge in [-0.3, -0.25) is 9.59 Å². The number of hydrogen-bond donors (Lipinski definition) is 3. The van der Waals surface area contributed by atoms with Crippen LogP contribution < -0.4 is 16.2 Å². The second-order valence-corrected chi connectivity index (χ2v) is 6.50. The third-order valence-corrected chi connectivity index (χ3v) is 4.40. The summed E-state index contributed by atoms with van der Waals surface area (Å²) in [4.78, 5) is 28.6. The molecule has 27 heavy (non-hydrogen) atoms. The Morgan fingerprint density at radius 2 is 1.93 bits per heavy atom. The molecule has 3 rings (SSSR count). The fourth-order valence-electron chi connectivity index (χ4n) is 2.83. The molecule has 7 heteroatoms. The molecule has 1 atom stereocenters. The molecule has 1 amide bonds. The van der Waals surface area contributed by atoms with Gasteiger partial charge in [-0.2, -0.15) is 5.10 Å².